The monoisotopic (exact) mass is 275 g/mol. The maximum absolute atomic E-state index is 12.4. The van der Waals surface area contributed by atoms with Gasteiger partial charge >= 0.3 is 0 Å². The summed E-state index contributed by atoms with van der Waals surface area (Å²) in [6.07, 6.45) is 0. The van der Waals surface area contributed by atoms with Crippen LogP contribution in [-0.2, 0) is 7.05 Å². The summed E-state index contributed by atoms with van der Waals surface area (Å²) in [5.74, 6) is -0.0182. The van der Waals surface area contributed by atoms with Crippen LogP contribution in [0.25, 0.3) is 0 Å². The molecule has 1 aromatic rings. The molecule has 1 aromatic heterocycles. The Morgan fingerprint density at radius 1 is 1.53 bits per heavy atom. The third-order valence-corrected chi connectivity index (χ3v) is 3.94. The zero-order valence-corrected chi connectivity index (χ0v) is 11.3. The number of nitrogens with zero attached hydrogens (tertiary/aromatic N) is 2. The maximum Gasteiger partial charge on any atom is 0.270 e. The van der Waals surface area contributed by atoms with Crippen molar-refractivity contribution in [2.75, 3.05) is 19.6 Å². The molecule has 0 saturated carbocycles. The molecule has 1 N–H and O–H groups in total. The van der Waals surface area contributed by atoms with E-state index in [0.717, 1.165) is 13.1 Å². The number of carbonyl (C=O) groups is 1. The first kappa shape index (κ1) is 12.7. The Hall–Kier alpha value is -0.710. The SMILES string of the molecule is C[C@H]1CNCCN1C(=O)c1cc(Cl)c(Cl)n1C. The largest absolute Gasteiger partial charge is 0.332 e. The predicted octanol–water partition coefficient (Wildman–Crippen LogP) is 1.77. The minimum atomic E-state index is -0.0182. The fraction of sp³-hybridized carbons (Fsp3) is 0.545. The molecular formula is C11H15Cl2N3O. The zero-order valence-electron chi connectivity index (χ0n) is 9.83. The van der Waals surface area contributed by atoms with Crippen LogP contribution in [0.1, 0.15) is 17.4 Å². The number of hydrogen-bond acceptors (Lipinski definition) is 2. The number of hydrogen-bond donors (Lipinski definition) is 1. The molecule has 2 heterocycles. The van der Waals surface area contributed by atoms with Gasteiger partial charge in [0.2, 0.25) is 0 Å². The highest BCUT2D eigenvalue weighted by molar-refractivity contribution is 6.41. The minimum absolute atomic E-state index is 0.0182. The average Bonchev–Trinajstić information content (AvgIpc) is 2.57. The molecule has 1 saturated heterocycles. The van der Waals surface area contributed by atoms with E-state index in [2.05, 4.69) is 5.32 Å². The summed E-state index contributed by atoms with van der Waals surface area (Å²) in [4.78, 5) is 14.2. The lowest BCUT2D eigenvalue weighted by atomic mass is 10.2. The van der Waals surface area contributed by atoms with E-state index in [9.17, 15) is 4.79 Å². The van der Waals surface area contributed by atoms with Crippen molar-refractivity contribution in [3.63, 3.8) is 0 Å². The molecule has 0 aromatic carbocycles. The third-order valence-electron chi connectivity index (χ3n) is 3.10. The number of carbonyl (C=O) groups excluding carboxylic acids is 1. The molecule has 6 heteroatoms. The first-order chi connectivity index (χ1) is 8.02. The fourth-order valence-corrected chi connectivity index (χ4v) is 2.41. The van der Waals surface area contributed by atoms with Crippen LogP contribution in [-0.4, -0.2) is 41.1 Å². The van der Waals surface area contributed by atoms with Gasteiger partial charge in [-0.25, -0.2) is 0 Å². The highest BCUT2D eigenvalue weighted by Crippen LogP contribution is 2.26. The number of nitrogens with one attached hydrogen (secondary N) is 1. The van der Waals surface area contributed by atoms with E-state index < -0.39 is 0 Å². The van der Waals surface area contributed by atoms with Crippen molar-refractivity contribution in [3.05, 3.63) is 21.9 Å². The number of amides is 1. The molecule has 1 fully saturated rings. The molecule has 4 nitrogen and oxygen atoms in total. The van der Waals surface area contributed by atoms with E-state index in [4.69, 9.17) is 23.2 Å². The standard InChI is InChI=1S/C11H15Cl2N3O/c1-7-6-14-3-4-16(7)11(17)9-5-8(12)10(13)15(9)2/h5,7,14H,3-4,6H2,1-2H3/t7-/m0/s1. The van der Waals surface area contributed by atoms with Crippen LogP contribution >= 0.6 is 23.2 Å². The van der Waals surface area contributed by atoms with Gasteiger partial charge in [-0.05, 0) is 13.0 Å². The van der Waals surface area contributed by atoms with Crippen molar-refractivity contribution in [3.8, 4) is 0 Å². The Labute approximate surface area is 110 Å². The summed E-state index contributed by atoms with van der Waals surface area (Å²) in [5, 5.41) is 4.07. The Morgan fingerprint density at radius 3 is 2.76 bits per heavy atom. The lowest BCUT2D eigenvalue weighted by Gasteiger charge is -2.34. The minimum Gasteiger partial charge on any atom is -0.332 e. The van der Waals surface area contributed by atoms with Gasteiger partial charge in [-0.1, -0.05) is 23.2 Å². The lowest BCUT2D eigenvalue weighted by molar-refractivity contribution is 0.0646. The van der Waals surface area contributed by atoms with Crippen LogP contribution in [0.4, 0.5) is 0 Å². The van der Waals surface area contributed by atoms with Gasteiger partial charge in [0.1, 0.15) is 10.8 Å². The van der Waals surface area contributed by atoms with Crippen molar-refractivity contribution in [1.29, 1.82) is 0 Å². The van der Waals surface area contributed by atoms with Gasteiger partial charge in [0.15, 0.2) is 0 Å². The van der Waals surface area contributed by atoms with Crippen LogP contribution in [0.5, 0.6) is 0 Å². The van der Waals surface area contributed by atoms with Crippen molar-refractivity contribution < 1.29 is 4.79 Å². The molecule has 0 unspecified atom stereocenters. The van der Waals surface area contributed by atoms with E-state index >= 15 is 0 Å². The van der Waals surface area contributed by atoms with Gasteiger partial charge in [-0.15, -0.1) is 0 Å². The van der Waals surface area contributed by atoms with Crippen LogP contribution < -0.4 is 5.32 Å². The Balaban J connectivity index is 2.27. The molecule has 1 aliphatic rings. The van der Waals surface area contributed by atoms with E-state index in [0.29, 0.717) is 22.4 Å². The second-order valence-electron chi connectivity index (χ2n) is 4.28. The van der Waals surface area contributed by atoms with Crippen LogP contribution in [0.2, 0.25) is 10.2 Å². The number of piperazine rings is 1. The van der Waals surface area contributed by atoms with Gasteiger partial charge in [0.05, 0.1) is 5.02 Å². The van der Waals surface area contributed by atoms with Gasteiger partial charge < -0.3 is 14.8 Å². The normalized spacial score (nSPS) is 20.7. The van der Waals surface area contributed by atoms with Gasteiger partial charge in [0.25, 0.3) is 5.91 Å². The van der Waals surface area contributed by atoms with Crippen LogP contribution in [0, 0.1) is 0 Å². The summed E-state index contributed by atoms with van der Waals surface area (Å²) >= 11 is 11.9. The molecule has 1 atom stereocenters. The quantitative estimate of drug-likeness (QED) is 0.848. The summed E-state index contributed by atoms with van der Waals surface area (Å²) in [5.41, 5.74) is 0.536. The first-order valence-electron chi connectivity index (χ1n) is 5.54. The molecule has 17 heavy (non-hydrogen) atoms. The van der Waals surface area contributed by atoms with Crippen LogP contribution in [0.3, 0.4) is 0 Å². The molecule has 0 radical (unpaired) electrons. The fourth-order valence-electron chi connectivity index (χ4n) is 2.04. The van der Waals surface area contributed by atoms with Gasteiger partial charge in [-0.2, -0.15) is 0 Å². The number of rotatable bonds is 1. The van der Waals surface area contributed by atoms with E-state index in [1.54, 1.807) is 17.7 Å². The molecule has 0 bridgehead atoms. The van der Waals surface area contributed by atoms with Crippen molar-refractivity contribution in [1.82, 2.24) is 14.8 Å². The van der Waals surface area contributed by atoms with Crippen LogP contribution in [0.15, 0.2) is 6.07 Å². The second-order valence-corrected chi connectivity index (χ2v) is 5.04. The molecule has 1 aliphatic heterocycles. The van der Waals surface area contributed by atoms with Gasteiger partial charge in [-0.3, -0.25) is 4.79 Å². The Bertz CT molecular complexity index is 444. The van der Waals surface area contributed by atoms with Crippen molar-refractivity contribution in [2.45, 2.75) is 13.0 Å². The predicted molar refractivity (Wildman–Crippen MR) is 68.8 cm³/mol. The van der Waals surface area contributed by atoms with Gasteiger partial charge in [0, 0.05) is 32.7 Å². The summed E-state index contributed by atoms with van der Waals surface area (Å²) in [6, 6.07) is 1.81. The van der Waals surface area contributed by atoms with E-state index in [-0.39, 0.29) is 11.9 Å². The summed E-state index contributed by atoms with van der Waals surface area (Å²) < 4.78 is 1.63. The van der Waals surface area contributed by atoms with E-state index in [1.807, 2.05) is 11.8 Å². The number of aromatic nitrogens is 1. The zero-order chi connectivity index (χ0) is 12.6. The molecule has 94 valence electrons. The highest BCUT2D eigenvalue weighted by atomic mass is 35.5. The smallest absolute Gasteiger partial charge is 0.270 e. The second kappa shape index (κ2) is 4.88. The molecule has 0 spiro atoms. The Kier molecular flexibility index (Phi) is 3.66. The molecule has 0 aliphatic carbocycles. The average molecular weight is 276 g/mol. The third kappa shape index (κ3) is 2.30. The maximum atomic E-state index is 12.4. The van der Waals surface area contributed by atoms with E-state index in [1.165, 1.54) is 0 Å². The summed E-state index contributed by atoms with van der Waals surface area (Å²) in [6.45, 7) is 4.37. The molecule has 2 rings (SSSR count). The first-order valence-corrected chi connectivity index (χ1v) is 6.30. The molecule has 1 amide bonds. The lowest BCUT2D eigenvalue weighted by Crippen LogP contribution is -2.52. The Morgan fingerprint density at radius 2 is 2.24 bits per heavy atom. The van der Waals surface area contributed by atoms with Crippen molar-refractivity contribution >= 4 is 29.1 Å². The highest BCUT2D eigenvalue weighted by Gasteiger charge is 2.26. The van der Waals surface area contributed by atoms with Crippen molar-refractivity contribution in [2.24, 2.45) is 7.05 Å². The molecular weight excluding hydrogens is 261 g/mol. The summed E-state index contributed by atoms with van der Waals surface area (Å²) in [7, 11) is 1.74. The topological polar surface area (TPSA) is 37.3 Å². The number of halogens is 2.